The molecule has 0 aromatic rings. The Labute approximate surface area is 60.2 Å². The number of nitrogens with one attached hydrogen (secondary N) is 2. The highest BCUT2D eigenvalue weighted by molar-refractivity contribution is 5.72. The van der Waals surface area contributed by atoms with Gasteiger partial charge in [0.05, 0.1) is 0 Å². The fourth-order valence-electron chi connectivity index (χ4n) is 1.19. The molecule has 10 heavy (non-hydrogen) atoms. The Kier molecular flexibility index (Phi) is 2.11. The summed E-state index contributed by atoms with van der Waals surface area (Å²) in [5.41, 5.74) is 4.96. The molecule has 58 valence electrons. The molecule has 2 amide bonds. The molecule has 0 radical (unpaired) electrons. The van der Waals surface area contributed by atoms with Crippen molar-refractivity contribution in [1.29, 1.82) is 0 Å². The van der Waals surface area contributed by atoms with Gasteiger partial charge in [-0.15, -0.1) is 0 Å². The van der Waals surface area contributed by atoms with Crippen LogP contribution in [0.1, 0.15) is 6.92 Å². The van der Waals surface area contributed by atoms with Gasteiger partial charge in [0.2, 0.25) is 0 Å². The average molecular weight is 143 g/mol. The minimum atomic E-state index is -0.430. The van der Waals surface area contributed by atoms with E-state index in [1.165, 1.54) is 0 Å². The van der Waals surface area contributed by atoms with Crippen LogP contribution in [0.5, 0.6) is 0 Å². The van der Waals surface area contributed by atoms with Gasteiger partial charge in [0, 0.05) is 12.6 Å². The van der Waals surface area contributed by atoms with E-state index in [4.69, 9.17) is 5.73 Å². The van der Waals surface area contributed by atoms with Crippen molar-refractivity contribution in [1.82, 2.24) is 10.6 Å². The summed E-state index contributed by atoms with van der Waals surface area (Å²) in [6.45, 7) is 3.88. The van der Waals surface area contributed by atoms with Crippen LogP contribution < -0.4 is 16.4 Å². The van der Waals surface area contributed by atoms with Gasteiger partial charge in [0.25, 0.3) is 0 Å². The van der Waals surface area contributed by atoms with Gasteiger partial charge >= 0.3 is 6.03 Å². The fraction of sp³-hybridized carbons (Fsp3) is 0.833. The Balaban J connectivity index is 2.33. The summed E-state index contributed by atoms with van der Waals surface area (Å²) in [4.78, 5) is 10.4. The first kappa shape index (κ1) is 7.34. The van der Waals surface area contributed by atoms with Crippen molar-refractivity contribution in [2.24, 2.45) is 11.7 Å². The van der Waals surface area contributed by atoms with Gasteiger partial charge in [-0.05, 0) is 12.5 Å². The van der Waals surface area contributed by atoms with E-state index in [1.807, 2.05) is 0 Å². The second kappa shape index (κ2) is 2.88. The van der Waals surface area contributed by atoms with Crippen molar-refractivity contribution in [2.75, 3.05) is 13.1 Å². The van der Waals surface area contributed by atoms with Crippen molar-refractivity contribution in [2.45, 2.75) is 13.0 Å². The van der Waals surface area contributed by atoms with Gasteiger partial charge in [-0.3, -0.25) is 0 Å². The molecule has 4 heteroatoms. The number of carbonyl (C=O) groups excluding carboxylic acids is 1. The molecule has 2 atom stereocenters. The first-order valence-corrected chi connectivity index (χ1v) is 3.47. The van der Waals surface area contributed by atoms with E-state index in [0.29, 0.717) is 5.92 Å². The van der Waals surface area contributed by atoms with E-state index in [0.717, 1.165) is 13.1 Å². The molecule has 1 rings (SSSR count). The van der Waals surface area contributed by atoms with Crippen molar-refractivity contribution in [3.63, 3.8) is 0 Å². The standard InChI is InChI=1S/C6H13N3O/c1-4-2-8-3-5(4)9-6(7)10/h4-5,8H,2-3H2,1H3,(H3,7,9,10). The highest BCUT2D eigenvalue weighted by Gasteiger charge is 2.23. The summed E-state index contributed by atoms with van der Waals surface area (Å²) in [6, 6.07) is -0.210. The van der Waals surface area contributed by atoms with E-state index in [-0.39, 0.29) is 6.04 Å². The Hall–Kier alpha value is -0.770. The molecule has 1 aliphatic rings. The lowest BCUT2D eigenvalue weighted by Gasteiger charge is -2.13. The monoisotopic (exact) mass is 143 g/mol. The van der Waals surface area contributed by atoms with Crippen molar-refractivity contribution in [3.05, 3.63) is 0 Å². The lowest BCUT2D eigenvalue weighted by molar-refractivity contribution is 0.243. The van der Waals surface area contributed by atoms with Gasteiger partial charge in [0.15, 0.2) is 0 Å². The van der Waals surface area contributed by atoms with Gasteiger partial charge in [0.1, 0.15) is 0 Å². The lowest BCUT2D eigenvalue weighted by Crippen LogP contribution is -2.42. The zero-order chi connectivity index (χ0) is 7.56. The van der Waals surface area contributed by atoms with Crippen LogP contribution in [0.4, 0.5) is 4.79 Å². The molecule has 1 aliphatic heterocycles. The number of nitrogens with two attached hydrogens (primary N) is 1. The zero-order valence-corrected chi connectivity index (χ0v) is 6.05. The largest absolute Gasteiger partial charge is 0.352 e. The number of hydrogen-bond acceptors (Lipinski definition) is 2. The zero-order valence-electron chi connectivity index (χ0n) is 6.05. The van der Waals surface area contributed by atoms with E-state index < -0.39 is 6.03 Å². The van der Waals surface area contributed by atoms with Crippen molar-refractivity contribution < 1.29 is 4.79 Å². The van der Waals surface area contributed by atoms with Gasteiger partial charge in [-0.25, -0.2) is 4.79 Å². The number of rotatable bonds is 1. The summed E-state index contributed by atoms with van der Waals surface area (Å²) in [7, 11) is 0. The number of carbonyl (C=O) groups is 1. The summed E-state index contributed by atoms with van der Waals surface area (Å²) in [5.74, 6) is 0.493. The highest BCUT2D eigenvalue weighted by Crippen LogP contribution is 2.06. The molecule has 0 saturated carbocycles. The van der Waals surface area contributed by atoms with Crippen LogP contribution in [-0.4, -0.2) is 25.2 Å². The summed E-state index contributed by atoms with van der Waals surface area (Å²) < 4.78 is 0. The van der Waals surface area contributed by atoms with Crippen LogP contribution in [0.2, 0.25) is 0 Å². The molecule has 0 aliphatic carbocycles. The highest BCUT2D eigenvalue weighted by atomic mass is 16.2. The summed E-state index contributed by atoms with van der Waals surface area (Å²) in [6.07, 6.45) is 0. The molecule has 1 fully saturated rings. The molecule has 4 nitrogen and oxygen atoms in total. The molecule has 0 bridgehead atoms. The minimum Gasteiger partial charge on any atom is -0.352 e. The predicted molar refractivity (Wildman–Crippen MR) is 38.5 cm³/mol. The molecule has 1 saturated heterocycles. The second-order valence-corrected chi connectivity index (χ2v) is 2.75. The number of hydrogen-bond donors (Lipinski definition) is 3. The predicted octanol–water partition coefficient (Wildman–Crippen LogP) is -0.737. The van der Waals surface area contributed by atoms with E-state index in [2.05, 4.69) is 17.6 Å². The first-order chi connectivity index (χ1) is 4.70. The normalized spacial score (nSPS) is 32.1. The molecule has 4 N–H and O–H groups in total. The van der Waals surface area contributed by atoms with Crippen LogP contribution in [0, 0.1) is 5.92 Å². The Morgan fingerprint density at radius 2 is 2.40 bits per heavy atom. The molecule has 0 spiro atoms. The number of urea groups is 1. The maximum atomic E-state index is 10.4. The van der Waals surface area contributed by atoms with Gasteiger partial charge in [-0.1, -0.05) is 6.92 Å². The molecule has 0 aromatic carbocycles. The third-order valence-corrected chi connectivity index (χ3v) is 1.85. The quantitative estimate of drug-likeness (QED) is 0.452. The fourth-order valence-corrected chi connectivity index (χ4v) is 1.19. The Morgan fingerprint density at radius 3 is 2.80 bits per heavy atom. The maximum absolute atomic E-state index is 10.4. The Morgan fingerprint density at radius 1 is 1.70 bits per heavy atom. The van der Waals surface area contributed by atoms with E-state index in [1.54, 1.807) is 0 Å². The minimum absolute atomic E-state index is 0.220. The first-order valence-electron chi connectivity index (χ1n) is 3.47. The molecule has 1 heterocycles. The Bertz CT molecular complexity index is 137. The van der Waals surface area contributed by atoms with Crippen LogP contribution in [0.15, 0.2) is 0 Å². The van der Waals surface area contributed by atoms with Gasteiger partial charge in [-0.2, -0.15) is 0 Å². The molecular weight excluding hydrogens is 130 g/mol. The summed E-state index contributed by atoms with van der Waals surface area (Å²) in [5, 5.41) is 5.82. The van der Waals surface area contributed by atoms with Gasteiger partial charge < -0.3 is 16.4 Å². The van der Waals surface area contributed by atoms with Crippen LogP contribution >= 0.6 is 0 Å². The molecule has 0 aromatic heterocycles. The summed E-state index contributed by atoms with van der Waals surface area (Å²) >= 11 is 0. The maximum Gasteiger partial charge on any atom is 0.312 e. The topological polar surface area (TPSA) is 67.2 Å². The average Bonchev–Trinajstić information content (AvgIpc) is 2.15. The molecule has 2 unspecified atom stereocenters. The van der Waals surface area contributed by atoms with E-state index >= 15 is 0 Å². The number of primary amides is 1. The van der Waals surface area contributed by atoms with Crippen molar-refractivity contribution in [3.8, 4) is 0 Å². The smallest absolute Gasteiger partial charge is 0.312 e. The van der Waals surface area contributed by atoms with Crippen molar-refractivity contribution >= 4 is 6.03 Å². The van der Waals surface area contributed by atoms with Crippen LogP contribution in [-0.2, 0) is 0 Å². The third kappa shape index (κ3) is 1.60. The third-order valence-electron chi connectivity index (χ3n) is 1.85. The van der Waals surface area contributed by atoms with E-state index in [9.17, 15) is 4.79 Å². The SMILES string of the molecule is CC1CNCC1NC(N)=O. The van der Waals surface area contributed by atoms with Crippen LogP contribution in [0.3, 0.4) is 0 Å². The number of amides is 2. The molecular formula is C6H13N3O. The lowest BCUT2D eigenvalue weighted by atomic mass is 10.1. The van der Waals surface area contributed by atoms with Crippen LogP contribution in [0.25, 0.3) is 0 Å². The second-order valence-electron chi connectivity index (χ2n) is 2.75.